The van der Waals surface area contributed by atoms with E-state index in [0.717, 1.165) is 5.69 Å². The fraction of sp³-hybridized carbons (Fsp3) is 0.182. The van der Waals surface area contributed by atoms with Crippen molar-refractivity contribution in [3.63, 3.8) is 0 Å². The van der Waals surface area contributed by atoms with Gasteiger partial charge in [-0.05, 0) is 25.1 Å². The van der Waals surface area contributed by atoms with Crippen LogP contribution in [0.3, 0.4) is 0 Å². The summed E-state index contributed by atoms with van der Waals surface area (Å²) < 4.78 is 0. The molecule has 0 spiro atoms. The Morgan fingerprint density at radius 1 is 1.50 bits per heavy atom. The van der Waals surface area contributed by atoms with Crippen molar-refractivity contribution in [2.24, 2.45) is 4.99 Å². The van der Waals surface area contributed by atoms with Gasteiger partial charge in [0.1, 0.15) is 12.4 Å². The number of carbonyl (C=O) groups excluding carboxylic acids is 2. The van der Waals surface area contributed by atoms with Gasteiger partial charge in [-0.15, -0.1) is 0 Å². The molecule has 82 valence electrons. The average Bonchev–Trinajstić information content (AvgIpc) is 2.59. The second-order valence-corrected chi connectivity index (χ2v) is 3.41. The Bertz CT molecular complexity index is 468. The summed E-state index contributed by atoms with van der Waals surface area (Å²) in [5, 5.41) is 2.54. The summed E-state index contributed by atoms with van der Waals surface area (Å²) in [5.41, 5.74) is 1.37. The Hall–Kier alpha value is -2.17. The number of amidine groups is 1. The molecule has 0 aliphatic carbocycles. The van der Waals surface area contributed by atoms with Crippen LogP contribution in [-0.4, -0.2) is 24.7 Å². The summed E-state index contributed by atoms with van der Waals surface area (Å²) >= 11 is 0. The molecule has 2 rings (SSSR count). The van der Waals surface area contributed by atoms with Crippen molar-refractivity contribution in [3.8, 4) is 0 Å². The maximum Gasteiger partial charge on any atom is 0.254 e. The topological polar surface area (TPSA) is 61.8 Å². The molecular formula is C11H11N3O2. The summed E-state index contributed by atoms with van der Waals surface area (Å²) in [6, 6.07) is 7.07. The molecule has 0 fully saturated rings. The predicted molar refractivity (Wildman–Crippen MR) is 61.6 cm³/mol. The minimum Gasteiger partial charge on any atom is -0.329 e. The summed E-state index contributed by atoms with van der Waals surface area (Å²) in [6.45, 7) is 1.97. The normalized spacial score (nSPS) is 14.9. The van der Waals surface area contributed by atoms with Crippen LogP contribution in [0.2, 0.25) is 0 Å². The molecule has 1 aliphatic rings. The summed E-state index contributed by atoms with van der Waals surface area (Å²) in [7, 11) is 0. The third-order valence-corrected chi connectivity index (χ3v) is 2.35. The molecule has 0 radical (unpaired) electrons. The minimum atomic E-state index is -0.0549. The molecule has 1 aliphatic heterocycles. The Morgan fingerprint density at radius 3 is 2.94 bits per heavy atom. The van der Waals surface area contributed by atoms with Crippen LogP contribution < -0.4 is 10.2 Å². The number of anilines is 2. The van der Waals surface area contributed by atoms with E-state index in [1.54, 1.807) is 31.2 Å². The first kappa shape index (κ1) is 10.4. The van der Waals surface area contributed by atoms with Gasteiger partial charge < -0.3 is 5.32 Å². The Kier molecular flexibility index (Phi) is 2.68. The van der Waals surface area contributed by atoms with Gasteiger partial charge in [-0.1, -0.05) is 6.07 Å². The standard InChI is InChI=1S/C11H11N3O2/c1-8-12-6-11(16)14(8)10-4-2-3-9(5-10)13-7-15/h2-5,7H,6H2,1H3,(H,13,15). The highest BCUT2D eigenvalue weighted by atomic mass is 16.2. The zero-order chi connectivity index (χ0) is 11.5. The molecule has 1 aromatic carbocycles. The molecule has 0 unspecified atom stereocenters. The molecule has 5 heteroatoms. The second-order valence-electron chi connectivity index (χ2n) is 3.41. The molecule has 0 saturated carbocycles. The minimum absolute atomic E-state index is 0.0549. The lowest BCUT2D eigenvalue weighted by Gasteiger charge is -2.16. The maximum atomic E-state index is 11.6. The third-order valence-electron chi connectivity index (χ3n) is 2.35. The summed E-state index contributed by atoms with van der Waals surface area (Å²) in [6.07, 6.45) is 0.603. The van der Waals surface area contributed by atoms with E-state index in [9.17, 15) is 9.59 Å². The molecule has 0 aromatic heterocycles. The zero-order valence-electron chi connectivity index (χ0n) is 8.80. The van der Waals surface area contributed by atoms with Crippen molar-refractivity contribution in [2.75, 3.05) is 16.8 Å². The first-order valence-corrected chi connectivity index (χ1v) is 4.86. The third kappa shape index (κ3) is 1.79. The quantitative estimate of drug-likeness (QED) is 0.768. The van der Waals surface area contributed by atoms with E-state index in [4.69, 9.17) is 0 Å². The molecule has 2 amide bonds. The second kappa shape index (κ2) is 4.14. The number of nitrogens with zero attached hydrogens (tertiary/aromatic N) is 2. The van der Waals surface area contributed by atoms with Crippen molar-refractivity contribution >= 4 is 29.5 Å². The van der Waals surface area contributed by atoms with Gasteiger partial charge in [-0.3, -0.25) is 19.5 Å². The lowest BCUT2D eigenvalue weighted by Crippen LogP contribution is -2.30. The van der Waals surface area contributed by atoms with Crippen LogP contribution in [0.15, 0.2) is 29.3 Å². The number of hydrogen-bond donors (Lipinski definition) is 1. The maximum absolute atomic E-state index is 11.6. The fourth-order valence-electron chi connectivity index (χ4n) is 1.64. The molecule has 0 bridgehead atoms. The van der Waals surface area contributed by atoms with E-state index < -0.39 is 0 Å². The average molecular weight is 217 g/mol. The Morgan fingerprint density at radius 2 is 2.31 bits per heavy atom. The first-order valence-electron chi connectivity index (χ1n) is 4.86. The SMILES string of the molecule is CC1=NCC(=O)N1c1cccc(NC=O)c1. The van der Waals surface area contributed by atoms with Gasteiger partial charge in [0.2, 0.25) is 6.41 Å². The van der Waals surface area contributed by atoms with E-state index >= 15 is 0 Å². The van der Waals surface area contributed by atoms with Crippen molar-refractivity contribution in [1.82, 2.24) is 0 Å². The molecule has 0 saturated heterocycles. The smallest absolute Gasteiger partial charge is 0.254 e. The highest BCUT2D eigenvalue weighted by Gasteiger charge is 2.23. The van der Waals surface area contributed by atoms with Gasteiger partial charge in [0.15, 0.2) is 0 Å². The van der Waals surface area contributed by atoms with Crippen LogP contribution in [-0.2, 0) is 9.59 Å². The van der Waals surface area contributed by atoms with Crippen molar-refractivity contribution in [2.45, 2.75) is 6.92 Å². The van der Waals surface area contributed by atoms with E-state index in [-0.39, 0.29) is 12.5 Å². The Balaban J connectivity index is 2.33. The van der Waals surface area contributed by atoms with Gasteiger partial charge in [0, 0.05) is 5.69 Å². The van der Waals surface area contributed by atoms with Crippen LogP contribution >= 0.6 is 0 Å². The number of hydrogen-bond acceptors (Lipinski definition) is 3. The molecule has 16 heavy (non-hydrogen) atoms. The lowest BCUT2D eigenvalue weighted by atomic mass is 10.2. The van der Waals surface area contributed by atoms with Crippen molar-refractivity contribution < 1.29 is 9.59 Å². The largest absolute Gasteiger partial charge is 0.329 e. The predicted octanol–water partition coefficient (Wildman–Crippen LogP) is 1.02. The molecule has 5 nitrogen and oxygen atoms in total. The van der Waals surface area contributed by atoms with Crippen LogP contribution in [0, 0.1) is 0 Å². The number of nitrogens with one attached hydrogen (secondary N) is 1. The van der Waals surface area contributed by atoms with Crippen LogP contribution in [0.4, 0.5) is 11.4 Å². The number of carbonyl (C=O) groups is 2. The monoisotopic (exact) mass is 217 g/mol. The van der Waals surface area contributed by atoms with E-state index in [1.807, 2.05) is 0 Å². The van der Waals surface area contributed by atoms with E-state index in [2.05, 4.69) is 10.3 Å². The highest BCUT2D eigenvalue weighted by Crippen LogP contribution is 2.22. The first-order chi connectivity index (χ1) is 7.72. The molecule has 1 aromatic rings. The number of benzene rings is 1. The van der Waals surface area contributed by atoms with Crippen LogP contribution in [0.1, 0.15) is 6.92 Å². The number of rotatable bonds is 3. The van der Waals surface area contributed by atoms with E-state index in [0.29, 0.717) is 17.9 Å². The lowest BCUT2D eigenvalue weighted by molar-refractivity contribution is -0.115. The van der Waals surface area contributed by atoms with Gasteiger partial charge in [0.25, 0.3) is 5.91 Å². The van der Waals surface area contributed by atoms with Crippen molar-refractivity contribution in [1.29, 1.82) is 0 Å². The number of aliphatic imine (C=N–C) groups is 1. The molecule has 1 heterocycles. The van der Waals surface area contributed by atoms with Gasteiger partial charge in [0.05, 0.1) is 5.69 Å². The van der Waals surface area contributed by atoms with Gasteiger partial charge in [-0.25, -0.2) is 0 Å². The van der Waals surface area contributed by atoms with Crippen LogP contribution in [0.5, 0.6) is 0 Å². The van der Waals surface area contributed by atoms with Crippen molar-refractivity contribution in [3.05, 3.63) is 24.3 Å². The van der Waals surface area contributed by atoms with Gasteiger partial charge in [-0.2, -0.15) is 0 Å². The summed E-state index contributed by atoms with van der Waals surface area (Å²) in [5.74, 6) is 0.619. The summed E-state index contributed by atoms with van der Waals surface area (Å²) in [4.78, 5) is 27.5. The molecule has 1 N–H and O–H groups in total. The Labute approximate surface area is 92.8 Å². The van der Waals surface area contributed by atoms with Gasteiger partial charge >= 0.3 is 0 Å². The fourth-order valence-corrected chi connectivity index (χ4v) is 1.64. The molecule has 0 atom stereocenters. The highest BCUT2D eigenvalue weighted by molar-refractivity contribution is 6.20. The van der Waals surface area contributed by atoms with Crippen LogP contribution in [0.25, 0.3) is 0 Å². The number of amides is 2. The zero-order valence-corrected chi connectivity index (χ0v) is 8.80. The molecular weight excluding hydrogens is 206 g/mol. The van der Waals surface area contributed by atoms with E-state index in [1.165, 1.54) is 4.90 Å².